The van der Waals surface area contributed by atoms with Crippen molar-refractivity contribution >= 4 is 10.9 Å². The second kappa shape index (κ2) is 6.01. The Kier molecular flexibility index (Phi) is 3.87. The maximum absolute atomic E-state index is 12.7. The minimum atomic E-state index is -0.977. The summed E-state index contributed by atoms with van der Waals surface area (Å²) in [6.45, 7) is 6.41. The van der Waals surface area contributed by atoms with E-state index in [2.05, 4.69) is 0 Å². The summed E-state index contributed by atoms with van der Waals surface area (Å²) < 4.78 is 15.0. The summed E-state index contributed by atoms with van der Waals surface area (Å²) in [7, 11) is 1.50. The number of hydrogen-bond acceptors (Lipinski definition) is 4. The molecule has 0 saturated carbocycles. The highest BCUT2D eigenvalue weighted by molar-refractivity contribution is 5.82. The fourth-order valence-corrected chi connectivity index (χ4v) is 3.50. The van der Waals surface area contributed by atoms with Gasteiger partial charge in [0.05, 0.1) is 10.9 Å². The van der Waals surface area contributed by atoms with Gasteiger partial charge >= 0.3 is 5.69 Å². The van der Waals surface area contributed by atoms with E-state index in [1.54, 1.807) is 16.7 Å². The van der Waals surface area contributed by atoms with Crippen molar-refractivity contribution in [3.8, 4) is 11.5 Å². The van der Waals surface area contributed by atoms with Crippen LogP contribution in [0.15, 0.2) is 52.1 Å². The Labute approximate surface area is 156 Å². The van der Waals surface area contributed by atoms with Crippen molar-refractivity contribution in [2.45, 2.75) is 33.1 Å². The van der Waals surface area contributed by atoms with Crippen molar-refractivity contribution in [2.24, 2.45) is 13.0 Å². The Balaban J connectivity index is 1.92. The van der Waals surface area contributed by atoms with Crippen LogP contribution in [0.25, 0.3) is 10.9 Å². The molecule has 6 nitrogen and oxygen atoms in total. The zero-order chi connectivity index (χ0) is 19.3. The van der Waals surface area contributed by atoms with Gasteiger partial charge in [0.2, 0.25) is 0 Å². The summed E-state index contributed by atoms with van der Waals surface area (Å²) in [4.78, 5) is 25.3. The van der Waals surface area contributed by atoms with E-state index in [-0.39, 0.29) is 17.2 Å². The van der Waals surface area contributed by atoms with Crippen molar-refractivity contribution in [3.63, 3.8) is 0 Å². The second-order valence-corrected chi connectivity index (χ2v) is 7.48. The summed E-state index contributed by atoms with van der Waals surface area (Å²) in [6.07, 6.45) is 0. The van der Waals surface area contributed by atoms with E-state index in [9.17, 15) is 9.59 Å². The van der Waals surface area contributed by atoms with Gasteiger partial charge in [0.25, 0.3) is 11.3 Å². The Morgan fingerprint density at radius 2 is 1.67 bits per heavy atom. The molecule has 0 amide bonds. The van der Waals surface area contributed by atoms with Gasteiger partial charge in [0, 0.05) is 32.1 Å². The third-order valence-electron chi connectivity index (χ3n) is 4.86. The molecule has 0 N–H and O–H groups in total. The van der Waals surface area contributed by atoms with Crippen LogP contribution in [0.2, 0.25) is 0 Å². The van der Waals surface area contributed by atoms with Gasteiger partial charge in [0.15, 0.2) is 11.5 Å². The SMILES string of the molecule is CC(C)Cn1c(=O)n(C)c(=O)c2cc3c(cc21)O[C@](C)(c1ccccc1)O3. The number of aromatic nitrogens is 2. The molecule has 6 heteroatoms. The number of rotatable bonds is 3. The molecule has 1 aliphatic rings. The van der Waals surface area contributed by atoms with E-state index in [1.807, 2.05) is 51.1 Å². The summed E-state index contributed by atoms with van der Waals surface area (Å²) in [5.41, 5.74) is 0.773. The van der Waals surface area contributed by atoms with Gasteiger partial charge < -0.3 is 9.47 Å². The molecule has 140 valence electrons. The first kappa shape index (κ1) is 17.4. The number of ether oxygens (including phenoxy) is 2. The molecule has 2 heterocycles. The van der Waals surface area contributed by atoms with Crippen LogP contribution in [0.5, 0.6) is 11.5 Å². The molecular weight excluding hydrogens is 344 g/mol. The molecule has 0 fully saturated rings. The van der Waals surface area contributed by atoms with Crippen LogP contribution in [-0.4, -0.2) is 9.13 Å². The van der Waals surface area contributed by atoms with Crippen LogP contribution in [0, 0.1) is 5.92 Å². The summed E-state index contributed by atoms with van der Waals surface area (Å²) in [5.74, 6) is 0.304. The Hall–Kier alpha value is -3.02. The van der Waals surface area contributed by atoms with E-state index in [1.165, 1.54) is 7.05 Å². The predicted octanol–water partition coefficient (Wildman–Crippen LogP) is 3.00. The minimum absolute atomic E-state index is 0.253. The maximum Gasteiger partial charge on any atom is 0.331 e. The van der Waals surface area contributed by atoms with Gasteiger partial charge in [-0.25, -0.2) is 4.79 Å². The average molecular weight is 366 g/mol. The molecule has 0 radical (unpaired) electrons. The smallest absolute Gasteiger partial charge is 0.331 e. The van der Waals surface area contributed by atoms with Crippen LogP contribution in [0.3, 0.4) is 0 Å². The molecule has 1 atom stereocenters. The average Bonchev–Trinajstić information content (AvgIpc) is 2.99. The molecule has 0 saturated heterocycles. The number of fused-ring (bicyclic) bond motifs is 2. The Bertz CT molecular complexity index is 1140. The molecule has 3 aromatic rings. The normalized spacial score (nSPS) is 18.4. The fraction of sp³-hybridized carbons (Fsp3) is 0.333. The first-order chi connectivity index (χ1) is 12.8. The first-order valence-corrected chi connectivity index (χ1v) is 9.01. The van der Waals surface area contributed by atoms with Crippen molar-refractivity contribution in [1.29, 1.82) is 0 Å². The van der Waals surface area contributed by atoms with Crippen LogP contribution in [0.4, 0.5) is 0 Å². The summed E-state index contributed by atoms with van der Waals surface area (Å²) in [6, 6.07) is 13.0. The lowest BCUT2D eigenvalue weighted by atomic mass is 10.1. The topological polar surface area (TPSA) is 62.5 Å². The highest BCUT2D eigenvalue weighted by atomic mass is 16.7. The van der Waals surface area contributed by atoms with Gasteiger partial charge in [-0.2, -0.15) is 0 Å². The predicted molar refractivity (Wildman–Crippen MR) is 103 cm³/mol. The van der Waals surface area contributed by atoms with Gasteiger partial charge in [-0.3, -0.25) is 13.9 Å². The maximum atomic E-state index is 12.7. The van der Waals surface area contributed by atoms with E-state index in [0.717, 1.165) is 10.1 Å². The van der Waals surface area contributed by atoms with Crippen molar-refractivity contribution < 1.29 is 9.47 Å². The number of nitrogens with zero attached hydrogens (tertiary/aromatic N) is 2. The second-order valence-electron chi connectivity index (χ2n) is 7.48. The molecule has 0 bridgehead atoms. The molecular formula is C21H22N2O4. The van der Waals surface area contributed by atoms with Gasteiger partial charge in [-0.1, -0.05) is 44.2 Å². The molecule has 4 rings (SSSR count). The lowest BCUT2D eigenvalue weighted by Gasteiger charge is -2.23. The van der Waals surface area contributed by atoms with E-state index >= 15 is 0 Å². The van der Waals surface area contributed by atoms with Gasteiger partial charge in [0.1, 0.15) is 0 Å². The number of hydrogen-bond donors (Lipinski definition) is 0. The third kappa shape index (κ3) is 2.72. The number of benzene rings is 2. The Morgan fingerprint density at radius 3 is 2.30 bits per heavy atom. The standard InChI is InChI=1S/C21H22N2O4/c1-13(2)12-23-16-11-18-17(10-15(16)19(24)22(4)20(23)25)26-21(3,27-18)14-8-6-5-7-9-14/h5-11,13H,12H2,1-4H3/t21-/m1/s1. The van der Waals surface area contributed by atoms with Crippen molar-refractivity contribution in [2.75, 3.05) is 0 Å². The molecule has 0 spiro atoms. The van der Waals surface area contributed by atoms with Crippen molar-refractivity contribution in [3.05, 3.63) is 68.9 Å². The fourth-order valence-electron chi connectivity index (χ4n) is 3.50. The van der Waals surface area contributed by atoms with E-state index < -0.39 is 5.79 Å². The van der Waals surface area contributed by atoms with Crippen LogP contribution < -0.4 is 20.7 Å². The lowest BCUT2D eigenvalue weighted by molar-refractivity contribution is -0.0679. The molecule has 2 aromatic carbocycles. The zero-order valence-corrected chi connectivity index (χ0v) is 15.9. The van der Waals surface area contributed by atoms with Crippen LogP contribution in [-0.2, 0) is 19.4 Å². The van der Waals surface area contributed by atoms with E-state index in [4.69, 9.17) is 9.47 Å². The molecule has 1 aromatic heterocycles. The molecule has 0 unspecified atom stereocenters. The minimum Gasteiger partial charge on any atom is -0.445 e. The quantitative estimate of drug-likeness (QED) is 0.715. The molecule has 0 aliphatic carbocycles. The van der Waals surface area contributed by atoms with Gasteiger partial charge in [-0.15, -0.1) is 0 Å². The molecule has 27 heavy (non-hydrogen) atoms. The summed E-state index contributed by atoms with van der Waals surface area (Å²) in [5, 5.41) is 0.442. The van der Waals surface area contributed by atoms with Crippen LogP contribution in [0.1, 0.15) is 26.3 Å². The highest BCUT2D eigenvalue weighted by Crippen LogP contribution is 2.45. The first-order valence-electron chi connectivity index (χ1n) is 9.01. The summed E-state index contributed by atoms with van der Waals surface area (Å²) >= 11 is 0. The van der Waals surface area contributed by atoms with Crippen LogP contribution >= 0.6 is 0 Å². The van der Waals surface area contributed by atoms with Gasteiger partial charge in [-0.05, 0) is 12.0 Å². The molecule has 1 aliphatic heterocycles. The van der Waals surface area contributed by atoms with E-state index in [0.29, 0.717) is 28.9 Å². The largest absolute Gasteiger partial charge is 0.445 e. The Morgan fingerprint density at radius 1 is 1.04 bits per heavy atom. The highest BCUT2D eigenvalue weighted by Gasteiger charge is 2.39. The van der Waals surface area contributed by atoms with Crippen molar-refractivity contribution in [1.82, 2.24) is 9.13 Å². The third-order valence-corrected chi connectivity index (χ3v) is 4.86. The zero-order valence-electron chi connectivity index (χ0n) is 15.9. The lowest BCUT2D eigenvalue weighted by Crippen LogP contribution is -2.38. The monoisotopic (exact) mass is 366 g/mol.